The van der Waals surface area contributed by atoms with Crippen molar-refractivity contribution in [1.82, 2.24) is 0 Å². The predicted molar refractivity (Wildman–Crippen MR) is 236 cm³/mol. The first-order valence-electron chi connectivity index (χ1n) is 19.8. The van der Waals surface area contributed by atoms with Crippen LogP contribution in [0.1, 0.15) is 72.9 Å². The van der Waals surface area contributed by atoms with Gasteiger partial charge in [-0.2, -0.15) is 0 Å². The van der Waals surface area contributed by atoms with Crippen LogP contribution in [0.15, 0.2) is 125 Å². The van der Waals surface area contributed by atoms with E-state index in [9.17, 15) is 19.8 Å². The third kappa shape index (κ3) is 7.53. The van der Waals surface area contributed by atoms with Gasteiger partial charge in [0.05, 0.1) is 11.4 Å². The van der Waals surface area contributed by atoms with Crippen LogP contribution in [0.2, 0.25) is 0 Å². The molecule has 0 amide bonds. The first-order chi connectivity index (χ1) is 28.1. The lowest BCUT2D eigenvalue weighted by atomic mass is 9.87. The van der Waals surface area contributed by atoms with E-state index in [0.29, 0.717) is 44.8 Å². The summed E-state index contributed by atoms with van der Waals surface area (Å²) in [4.78, 5) is 33.8. The second-order valence-corrected chi connectivity index (χ2v) is 15.1. The van der Waals surface area contributed by atoms with Crippen LogP contribution in [-0.2, 0) is 12.8 Å². The zero-order valence-electron chi connectivity index (χ0n) is 33.1. The number of nitrogens with zero attached hydrogens (tertiary/aromatic N) is 2. The van der Waals surface area contributed by atoms with E-state index in [4.69, 9.17) is 18.8 Å². The molecule has 8 aromatic rings. The van der Waals surface area contributed by atoms with E-state index in [1.165, 1.54) is 23.3 Å². The van der Waals surface area contributed by atoms with Crippen molar-refractivity contribution in [2.75, 3.05) is 0 Å². The zero-order valence-corrected chi connectivity index (χ0v) is 33.1. The fourth-order valence-corrected chi connectivity index (χ4v) is 7.79. The molecular formula is C50H44N2O6. The van der Waals surface area contributed by atoms with E-state index in [0.717, 1.165) is 82.0 Å². The first-order valence-corrected chi connectivity index (χ1v) is 19.8. The molecule has 0 aliphatic carbocycles. The molecular weight excluding hydrogens is 725 g/mol. The quantitative estimate of drug-likeness (QED) is 0.0996. The molecule has 8 nitrogen and oxygen atoms in total. The van der Waals surface area contributed by atoms with Gasteiger partial charge in [-0.15, -0.1) is 0 Å². The summed E-state index contributed by atoms with van der Waals surface area (Å²) in [6, 6.07) is 30.1. The minimum absolute atomic E-state index is 0.0404. The van der Waals surface area contributed by atoms with Crippen molar-refractivity contribution in [1.29, 1.82) is 0 Å². The highest BCUT2D eigenvalue weighted by molar-refractivity contribution is 6.14. The van der Waals surface area contributed by atoms with Gasteiger partial charge in [0, 0.05) is 69.7 Å². The highest BCUT2D eigenvalue weighted by atomic mass is 16.4. The summed E-state index contributed by atoms with van der Waals surface area (Å²) in [6.07, 6.45) is 9.24. The number of fused-ring (bicyclic) bond motifs is 4. The van der Waals surface area contributed by atoms with Crippen molar-refractivity contribution in [3.8, 4) is 22.6 Å². The maximum atomic E-state index is 12.3. The molecule has 0 aliphatic heterocycles. The number of aliphatic imine (C=N–C) groups is 2. The average molecular weight is 769 g/mol. The molecule has 6 aromatic carbocycles. The van der Waals surface area contributed by atoms with Gasteiger partial charge in [0.2, 0.25) is 0 Å². The van der Waals surface area contributed by atoms with Crippen LogP contribution >= 0.6 is 0 Å². The van der Waals surface area contributed by atoms with Crippen LogP contribution in [0.5, 0.6) is 11.5 Å². The minimum Gasteiger partial charge on any atom is -0.507 e. The Morgan fingerprint density at radius 1 is 0.534 bits per heavy atom. The SMILES string of the molecule is CCCCc1ccc2c(-c3c(O)c(C=Nc4ccc5c(C)cc(=O)oc5c4)cc4cc(CCCC)ccc34)c(O)c(C=Nc3ccc4c(C)cc(=O)oc4c3)cc2c1. The first kappa shape index (κ1) is 38.1. The Kier molecular flexibility index (Phi) is 10.5. The Balaban J connectivity index is 1.33. The predicted octanol–water partition coefficient (Wildman–Crippen LogP) is 12.1. The molecule has 2 aromatic heterocycles. The molecule has 0 bridgehead atoms. The maximum Gasteiger partial charge on any atom is 0.336 e. The van der Waals surface area contributed by atoms with Crippen molar-refractivity contribution in [2.24, 2.45) is 9.98 Å². The molecule has 0 fully saturated rings. The summed E-state index contributed by atoms with van der Waals surface area (Å²) in [6.45, 7) is 8.06. The van der Waals surface area contributed by atoms with Gasteiger partial charge < -0.3 is 19.0 Å². The Morgan fingerprint density at radius 2 is 0.948 bits per heavy atom. The third-order valence-electron chi connectivity index (χ3n) is 10.9. The molecule has 2 heterocycles. The van der Waals surface area contributed by atoms with Crippen LogP contribution in [0, 0.1) is 13.8 Å². The monoisotopic (exact) mass is 768 g/mol. The van der Waals surface area contributed by atoms with E-state index in [2.05, 4.69) is 38.1 Å². The molecule has 0 spiro atoms. The summed E-state index contributed by atoms with van der Waals surface area (Å²) in [5, 5.41) is 29.7. The fourth-order valence-electron chi connectivity index (χ4n) is 7.79. The summed E-state index contributed by atoms with van der Waals surface area (Å²) >= 11 is 0. The molecule has 8 rings (SSSR count). The summed E-state index contributed by atoms with van der Waals surface area (Å²) < 4.78 is 11.0. The Hall–Kier alpha value is -6.80. The van der Waals surface area contributed by atoms with E-state index < -0.39 is 11.3 Å². The smallest absolute Gasteiger partial charge is 0.336 e. The van der Waals surface area contributed by atoms with Gasteiger partial charge in [-0.3, -0.25) is 9.98 Å². The molecule has 0 atom stereocenters. The number of hydrogen-bond acceptors (Lipinski definition) is 8. The molecule has 58 heavy (non-hydrogen) atoms. The lowest BCUT2D eigenvalue weighted by molar-refractivity contribution is 0.469. The normalized spacial score (nSPS) is 12.0. The second kappa shape index (κ2) is 16.0. The fraction of sp³-hybridized carbons (Fsp3) is 0.200. The standard InChI is InChI=1S/C50H44N2O6/c1-5-7-9-31-11-15-41-33(21-31)23-35(27-51-37-13-17-39-29(3)19-45(53)57-43(39)25-37)49(55)47(41)48-42-16-12-32(10-8-6-2)22-34(42)24-36(50(48)56)28-52-38-14-18-40-30(4)20-46(54)58-44(40)26-38/h11-28,55-56H,5-10H2,1-4H3. The number of aromatic hydroxyl groups is 2. The number of phenols is 2. The number of unbranched alkanes of at least 4 members (excludes halogenated alkanes) is 2. The average Bonchev–Trinajstić information content (AvgIpc) is 3.20. The Bertz CT molecular complexity index is 2870. The topological polar surface area (TPSA) is 126 Å². The van der Waals surface area contributed by atoms with Gasteiger partial charge in [0.15, 0.2) is 0 Å². The lowest BCUT2D eigenvalue weighted by Gasteiger charge is -2.18. The van der Waals surface area contributed by atoms with Crippen molar-refractivity contribution in [3.05, 3.63) is 151 Å². The van der Waals surface area contributed by atoms with Gasteiger partial charge in [0.1, 0.15) is 22.7 Å². The zero-order chi connectivity index (χ0) is 40.5. The van der Waals surface area contributed by atoms with Gasteiger partial charge >= 0.3 is 11.3 Å². The number of hydrogen-bond donors (Lipinski definition) is 2. The van der Waals surface area contributed by atoms with Crippen molar-refractivity contribution in [2.45, 2.75) is 66.2 Å². The maximum absolute atomic E-state index is 12.3. The van der Waals surface area contributed by atoms with Crippen molar-refractivity contribution >= 4 is 67.3 Å². The van der Waals surface area contributed by atoms with Gasteiger partial charge in [-0.1, -0.05) is 63.1 Å². The summed E-state index contributed by atoms with van der Waals surface area (Å²) in [5.74, 6) is -0.0807. The molecule has 0 saturated carbocycles. The van der Waals surface area contributed by atoms with E-state index in [-0.39, 0.29) is 11.5 Å². The lowest BCUT2D eigenvalue weighted by Crippen LogP contribution is -1.97. The van der Waals surface area contributed by atoms with Crippen LogP contribution < -0.4 is 11.3 Å². The van der Waals surface area contributed by atoms with Crippen LogP contribution in [-0.4, -0.2) is 22.6 Å². The Morgan fingerprint density at radius 3 is 1.36 bits per heavy atom. The largest absolute Gasteiger partial charge is 0.507 e. The number of benzene rings is 6. The van der Waals surface area contributed by atoms with E-state index in [1.807, 2.05) is 62.4 Å². The number of aryl methyl sites for hydroxylation is 4. The molecule has 2 N–H and O–H groups in total. The molecule has 0 radical (unpaired) electrons. The number of rotatable bonds is 11. The number of phenolic OH excluding ortho intramolecular Hbond substituents is 2. The Labute approximate surface area is 335 Å². The summed E-state index contributed by atoms with van der Waals surface area (Å²) in [7, 11) is 0. The minimum atomic E-state index is -0.431. The second-order valence-electron chi connectivity index (χ2n) is 15.1. The molecule has 0 unspecified atom stereocenters. The van der Waals surface area contributed by atoms with Gasteiger partial charge in [-0.05, 0) is 120 Å². The van der Waals surface area contributed by atoms with Crippen molar-refractivity contribution < 1.29 is 19.0 Å². The van der Waals surface area contributed by atoms with Crippen LogP contribution in [0.25, 0.3) is 54.6 Å². The highest BCUT2D eigenvalue weighted by Gasteiger charge is 2.22. The van der Waals surface area contributed by atoms with E-state index >= 15 is 0 Å². The van der Waals surface area contributed by atoms with Gasteiger partial charge in [-0.25, -0.2) is 9.59 Å². The van der Waals surface area contributed by atoms with Crippen LogP contribution in [0.4, 0.5) is 11.4 Å². The molecule has 8 heteroatoms. The van der Waals surface area contributed by atoms with Crippen molar-refractivity contribution in [3.63, 3.8) is 0 Å². The molecule has 290 valence electrons. The summed E-state index contributed by atoms with van der Waals surface area (Å²) in [5.41, 5.74) is 6.94. The molecule has 0 saturated heterocycles. The highest BCUT2D eigenvalue weighted by Crippen LogP contribution is 2.47. The van der Waals surface area contributed by atoms with E-state index in [1.54, 1.807) is 24.6 Å². The van der Waals surface area contributed by atoms with Crippen LogP contribution in [0.3, 0.4) is 0 Å². The van der Waals surface area contributed by atoms with Gasteiger partial charge in [0.25, 0.3) is 0 Å². The third-order valence-corrected chi connectivity index (χ3v) is 10.9. The molecule has 0 aliphatic rings.